The van der Waals surface area contributed by atoms with Crippen LogP contribution < -0.4 is 0 Å². The summed E-state index contributed by atoms with van der Waals surface area (Å²) in [6.45, 7) is 4.42. The molecule has 0 aromatic rings. The average molecular weight is 150 g/mol. The van der Waals surface area contributed by atoms with Crippen molar-refractivity contribution >= 4 is 11.8 Å². The first-order valence-corrected chi connectivity index (χ1v) is 4.44. The van der Waals surface area contributed by atoms with Crippen LogP contribution in [0.3, 0.4) is 0 Å². The number of hydrogen-bond donors (Lipinski definition) is 0. The van der Waals surface area contributed by atoms with Gasteiger partial charge in [0.05, 0.1) is 5.25 Å². The van der Waals surface area contributed by atoms with Crippen molar-refractivity contribution in [2.75, 3.05) is 0 Å². The Hall–Kier alpha value is -0.430. The van der Waals surface area contributed by atoms with Crippen LogP contribution in [0.5, 0.6) is 0 Å². The van der Waals surface area contributed by atoms with Crippen LogP contribution in [-0.2, 0) is 0 Å². The lowest BCUT2D eigenvalue weighted by atomic mass is 10.1. The van der Waals surface area contributed by atoms with Crippen molar-refractivity contribution in [3.63, 3.8) is 0 Å². The van der Waals surface area contributed by atoms with Crippen molar-refractivity contribution in [2.45, 2.75) is 19.1 Å². The molecule has 1 heterocycles. The highest BCUT2D eigenvalue weighted by Crippen LogP contribution is 2.40. The van der Waals surface area contributed by atoms with Crippen LogP contribution in [0.25, 0.3) is 0 Å². The van der Waals surface area contributed by atoms with E-state index in [4.69, 9.17) is 0 Å². The van der Waals surface area contributed by atoms with Gasteiger partial charge < -0.3 is 0 Å². The van der Waals surface area contributed by atoms with Crippen LogP contribution >= 0.6 is 11.8 Å². The van der Waals surface area contributed by atoms with Gasteiger partial charge in [0, 0.05) is 0 Å². The van der Waals surface area contributed by atoms with Gasteiger partial charge in [-0.3, -0.25) is 0 Å². The minimum Gasteiger partial charge on any atom is -0.121 e. The van der Waals surface area contributed by atoms with Gasteiger partial charge in [0.1, 0.15) is 0 Å². The van der Waals surface area contributed by atoms with Crippen LogP contribution in [0, 0.1) is 0 Å². The lowest BCUT2D eigenvalue weighted by Crippen LogP contribution is -1.97. The third kappa shape index (κ3) is 0.702. The third-order valence-electron chi connectivity index (χ3n) is 2.18. The number of allylic oxidation sites excluding steroid dienone is 3. The summed E-state index contributed by atoms with van der Waals surface area (Å²) in [5, 5.41) is 2.85. The third-order valence-corrected chi connectivity index (χ3v) is 3.37. The molecule has 52 valence electrons. The molecule has 0 aromatic carbocycles. The van der Waals surface area contributed by atoms with Gasteiger partial charge in [0.15, 0.2) is 0 Å². The molecule has 1 heteroatoms. The monoisotopic (exact) mass is 150 g/mol. The van der Waals surface area contributed by atoms with Crippen LogP contribution in [0.15, 0.2) is 34.3 Å². The summed E-state index contributed by atoms with van der Waals surface area (Å²) in [4.78, 5) is 0. The summed E-state index contributed by atoms with van der Waals surface area (Å²) in [6, 6.07) is 0. The molecule has 0 fully saturated rings. The highest BCUT2D eigenvalue weighted by atomic mass is 32.2. The Kier molecular flexibility index (Phi) is 1.27. The summed E-state index contributed by atoms with van der Waals surface area (Å²) in [5.41, 5.74) is 4.47. The zero-order valence-corrected chi connectivity index (χ0v) is 7.03. The summed E-state index contributed by atoms with van der Waals surface area (Å²) in [5.74, 6) is 0. The van der Waals surface area contributed by atoms with Crippen molar-refractivity contribution in [2.24, 2.45) is 0 Å². The molecule has 0 spiro atoms. The van der Waals surface area contributed by atoms with Crippen LogP contribution in [0.2, 0.25) is 0 Å². The number of thioether (sulfide) groups is 1. The Labute approximate surface area is 65.7 Å². The second kappa shape index (κ2) is 2.03. The summed E-state index contributed by atoms with van der Waals surface area (Å²) >= 11 is 1.92. The SMILES string of the molecule is CC1=C(C)C2SC=CC2=C1. The molecule has 1 aliphatic carbocycles. The maximum atomic E-state index is 2.29. The van der Waals surface area contributed by atoms with E-state index in [2.05, 4.69) is 31.4 Å². The predicted molar refractivity (Wildman–Crippen MR) is 47.0 cm³/mol. The smallest absolute Gasteiger partial charge is 0.0551 e. The largest absolute Gasteiger partial charge is 0.121 e. The van der Waals surface area contributed by atoms with Gasteiger partial charge in [-0.2, -0.15) is 0 Å². The van der Waals surface area contributed by atoms with Crippen LogP contribution in [-0.4, -0.2) is 5.25 Å². The maximum Gasteiger partial charge on any atom is 0.0551 e. The minimum atomic E-state index is 0.667. The van der Waals surface area contributed by atoms with Crippen LogP contribution in [0.1, 0.15) is 13.8 Å². The Bertz CT molecular complexity index is 256. The Balaban J connectivity index is 2.41. The molecule has 0 saturated heterocycles. The number of rotatable bonds is 0. The molecule has 0 nitrogen and oxygen atoms in total. The van der Waals surface area contributed by atoms with Gasteiger partial charge in [0.2, 0.25) is 0 Å². The molecule has 2 aliphatic rings. The van der Waals surface area contributed by atoms with E-state index in [-0.39, 0.29) is 0 Å². The molecule has 0 N–H and O–H groups in total. The molecule has 1 atom stereocenters. The molecule has 0 amide bonds. The second-order valence-electron chi connectivity index (χ2n) is 2.83. The van der Waals surface area contributed by atoms with E-state index in [0.717, 1.165) is 0 Å². The van der Waals surface area contributed by atoms with Crippen LogP contribution in [0.4, 0.5) is 0 Å². The predicted octanol–water partition coefficient (Wildman–Crippen LogP) is 2.89. The Morgan fingerprint density at radius 3 is 2.90 bits per heavy atom. The van der Waals surface area contributed by atoms with E-state index in [1.54, 1.807) is 0 Å². The second-order valence-corrected chi connectivity index (χ2v) is 3.84. The Morgan fingerprint density at radius 2 is 2.20 bits per heavy atom. The normalized spacial score (nSPS) is 29.4. The fraction of sp³-hybridized carbons (Fsp3) is 0.333. The first-order chi connectivity index (χ1) is 4.79. The van der Waals surface area contributed by atoms with Gasteiger partial charge in [-0.15, -0.1) is 11.8 Å². The molecule has 0 radical (unpaired) electrons. The van der Waals surface area contributed by atoms with Crippen molar-refractivity contribution < 1.29 is 0 Å². The van der Waals surface area contributed by atoms with Crippen molar-refractivity contribution in [1.29, 1.82) is 0 Å². The molecule has 0 aromatic heterocycles. The standard InChI is InChI=1S/C9H10S/c1-6-5-8-3-4-10-9(8)7(6)2/h3-5,9H,1-2H3. The van der Waals surface area contributed by atoms with Gasteiger partial charge in [-0.05, 0) is 24.8 Å². The molecular formula is C9H10S. The number of fused-ring (bicyclic) bond motifs is 1. The molecule has 1 aliphatic heterocycles. The topological polar surface area (TPSA) is 0 Å². The van der Waals surface area contributed by atoms with E-state index < -0.39 is 0 Å². The van der Waals surface area contributed by atoms with Crippen molar-refractivity contribution in [3.05, 3.63) is 34.3 Å². The highest BCUT2D eigenvalue weighted by Gasteiger charge is 2.24. The molecule has 1 unspecified atom stereocenters. The van der Waals surface area contributed by atoms with Crippen molar-refractivity contribution in [1.82, 2.24) is 0 Å². The summed E-state index contributed by atoms with van der Waals surface area (Å²) in [6.07, 6.45) is 4.51. The van der Waals surface area contributed by atoms with E-state index in [1.807, 2.05) is 11.8 Å². The van der Waals surface area contributed by atoms with Gasteiger partial charge in [-0.25, -0.2) is 0 Å². The highest BCUT2D eigenvalue weighted by molar-refractivity contribution is 8.03. The van der Waals surface area contributed by atoms with E-state index >= 15 is 0 Å². The zero-order valence-electron chi connectivity index (χ0n) is 6.22. The van der Waals surface area contributed by atoms with Crippen molar-refractivity contribution in [3.8, 4) is 0 Å². The molecule has 0 saturated carbocycles. The molecule has 2 rings (SSSR count). The maximum absolute atomic E-state index is 2.29. The molecular weight excluding hydrogens is 140 g/mol. The summed E-state index contributed by atoms with van der Waals surface area (Å²) in [7, 11) is 0. The minimum absolute atomic E-state index is 0.667. The summed E-state index contributed by atoms with van der Waals surface area (Å²) < 4.78 is 0. The fourth-order valence-corrected chi connectivity index (χ4v) is 2.50. The quantitative estimate of drug-likeness (QED) is 0.511. The molecule has 0 bridgehead atoms. The lowest BCUT2D eigenvalue weighted by Gasteiger charge is -2.05. The first-order valence-electron chi connectivity index (χ1n) is 3.50. The van der Waals surface area contributed by atoms with Gasteiger partial charge >= 0.3 is 0 Å². The average Bonchev–Trinajstić information content (AvgIpc) is 2.41. The van der Waals surface area contributed by atoms with E-state index in [1.165, 1.54) is 16.7 Å². The van der Waals surface area contributed by atoms with Gasteiger partial charge in [0.25, 0.3) is 0 Å². The fourth-order valence-electron chi connectivity index (χ4n) is 1.41. The first kappa shape index (κ1) is 6.29. The molecule has 10 heavy (non-hydrogen) atoms. The zero-order chi connectivity index (χ0) is 7.14. The van der Waals surface area contributed by atoms with E-state index in [9.17, 15) is 0 Å². The number of hydrogen-bond acceptors (Lipinski definition) is 1. The van der Waals surface area contributed by atoms with E-state index in [0.29, 0.717) is 5.25 Å². The van der Waals surface area contributed by atoms with Gasteiger partial charge in [-0.1, -0.05) is 23.3 Å². The lowest BCUT2D eigenvalue weighted by molar-refractivity contribution is 1.21. The Morgan fingerprint density at radius 1 is 1.40 bits per heavy atom.